The number of aliphatic hydroxyl groups excluding tert-OH is 1. The van der Waals surface area contributed by atoms with Crippen LogP contribution >= 0.6 is 0 Å². The van der Waals surface area contributed by atoms with Gasteiger partial charge in [0.25, 0.3) is 0 Å². The minimum Gasteiger partial charge on any atom is -0.493 e. The second-order valence-electron chi connectivity index (χ2n) is 4.39. The highest BCUT2D eigenvalue weighted by Crippen LogP contribution is 2.31. The molecule has 2 rings (SSSR count). The molecule has 0 saturated heterocycles. The molecule has 4 nitrogen and oxygen atoms in total. The summed E-state index contributed by atoms with van der Waals surface area (Å²) in [5.41, 5.74) is 0.612. The Hall–Kier alpha value is -2.40. The minimum absolute atomic E-state index is 0.235. The van der Waals surface area contributed by atoms with Gasteiger partial charge in [-0.25, -0.2) is 4.39 Å². The van der Waals surface area contributed by atoms with Gasteiger partial charge in [0.2, 0.25) is 0 Å². The number of carbonyl (C=O) groups excluding carboxylic acids is 1. The van der Waals surface area contributed by atoms with Crippen molar-refractivity contribution in [2.75, 3.05) is 14.2 Å². The van der Waals surface area contributed by atoms with E-state index in [1.54, 1.807) is 12.1 Å². The number of rotatable bonds is 5. The fraction of sp³-hybridized carbons (Fsp3) is 0.188. The molecular weight excluding hydrogens is 275 g/mol. The van der Waals surface area contributed by atoms with Gasteiger partial charge in [-0.1, -0.05) is 6.07 Å². The summed E-state index contributed by atoms with van der Waals surface area (Å²) >= 11 is 0. The van der Waals surface area contributed by atoms with Crippen molar-refractivity contribution in [3.05, 3.63) is 59.4 Å². The molecule has 5 heteroatoms. The number of ether oxygens (including phenoxy) is 2. The summed E-state index contributed by atoms with van der Waals surface area (Å²) < 4.78 is 23.1. The highest BCUT2D eigenvalue weighted by molar-refractivity contribution is 5.99. The lowest BCUT2D eigenvalue weighted by Crippen LogP contribution is -2.12. The number of halogens is 1. The Kier molecular flexibility index (Phi) is 4.55. The van der Waals surface area contributed by atoms with Crippen LogP contribution in [-0.2, 0) is 0 Å². The molecule has 0 spiro atoms. The van der Waals surface area contributed by atoms with Gasteiger partial charge in [-0.3, -0.25) is 4.79 Å². The molecule has 0 radical (unpaired) electrons. The maximum Gasteiger partial charge on any atom is 0.195 e. The van der Waals surface area contributed by atoms with E-state index < -0.39 is 17.7 Å². The van der Waals surface area contributed by atoms with Gasteiger partial charge < -0.3 is 14.6 Å². The maximum atomic E-state index is 12.9. The van der Waals surface area contributed by atoms with Crippen molar-refractivity contribution in [2.45, 2.75) is 6.10 Å². The first kappa shape index (κ1) is 15.0. The van der Waals surface area contributed by atoms with Gasteiger partial charge in [-0.05, 0) is 42.0 Å². The number of Topliss-reactive ketones (excluding diaryl/α,β-unsaturated/α-hetero) is 1. The van der Waals surface area contributed by atoms with Gasteiger partial charge in [0, 0.05) is 5.56 Å². The lowest BCUT2D eigenvalue weighted by atomic mass is 9.99. The number of hydrogen-bond acceptors (Lipinski definition) is 4. The van der Waals surface area contributed by atoms with Crippen molar-refractivity contribution in [3.8, 4) is 11.5 Å². The summed E-state index contributed by atoms with van der Waals surface area (Å²) in [6.45, 7) is 0. The Balaban J connectivity index is 2.28. The summed E-state index contributed by atoms with van der Waals surface area (Å²) in [5.74, 6) is -0.0296. The predicted molar refractivity (Wildman–Crippen MR) is 75.2 cm³/mol. The standard InChI is InChI=1S/C16H15FO4/c1-20-13-8-5-11(9-14(13)21-2)16(19)15(18)10-3-6-12(17)7-4-10/h3-9,16,19H,1-2H3. The van der Waals surface area contributed by atoms with E-state index in [0.717, 1.165) is 0 Å². The number of ketones is 1. The van der Waals surface area contributed by atoms with Crippen LogP contribution in [0.1, 0.15) is 22.0 Å². The Bertz CT molecular complexity index is 637. The molecule has 21 heavy (non-hydrogen) atoms. The summed E-state index contributed by atoms with van der Waals surface area (Å²) in [7, 11) is 2.97. The Labute approximate surface area is 121 Å². The first-order chi connectivity index (χ1) is 10.1. The van der Waals surface area contributed by atoms with Crippen LogP contribution in [0, 0.1) is 5.82 Å². The minimum atomic E-state index is -1.35. The highest BCUT2D eigenvalue weighted by atomic mass is 19.1. The molecule has 0 aliphatic heterocycles. The highest BCUT2D eigenvalue weighted by Gasteiger charge is 2.20. The Morgan fingerprint density at radius 1 is 1.05 bits per heavy atom. The number of benzene rings is 2. The van der Waals surface area contributed by atoms with E-state index in [2.05, 4.69) is 0 Å². The smallest absolute Gasteiger partial charge is 0.195 e. The zero-order chi connectivity index (χ0) is 15.4. The summed E-state index contributed by atoms with van der Waals surface area (Å²) in [5, 5.41) is 10.2. The van der Waals surface area contributed by atoms with Crippen molar-refractivity contribution >= 4 is 5.78 Å². The van der Waals surface area contributed by atoms with E-state index >= 15 is 0 Å². The lowest BCUT2D eigenvalue weighted by Gasteiger charge is -2.13. The Morgan fingerprint density at radius 3 is 2.24 bits per heavy atom. The third kappa shape index (κ3) is 3.20. The van der Waals surface area contributed by atoms with E-state index in [0.29, 0.717) is 17.1 Å². The molecule has 0 aromatic heterocycles. The van der Waals surface area contributed by atoms with Gasteiger partial charge in [-0.15, -0.1) is 0 Å². The average Bonchev–Trinajstić information content (AvgIpc) is 2.53. The number of carbonyl (C=O) groups is 1. The van der Waals surface area contributed by atoms with Crippen molar-refractivity contribution in [1.29, 1.82) is 0 Å². The number of methoxy groups -OCH3 is 2. The second kappa shape index (κ2) is 6.37. The first-order valence-corrected chi connectivity index (χ1v) is 6.26. The van der Waals surface area contributed by atoms with Crippen molar-refractivity contribution in [1.82, 2.24) is 0 Å². The molecule has 1 N–H and O–H groups in total. The largest absolute Gasteiger partial charge is 0.493 e. The zero-order valence-corrected chi connectivity index (χ0v) is 11.7. The molecule has 0 aliphatic rings. The molecule has 2 aromatic rings. The van der Waals surface area contributed by atoms with Gasteiger partial charge >= 0.3 is 0 Å². The fourth-order valence-electron chi connectivity index (χ4n) is 1.95. The molecule has 1 unspecified atom stereocenters. The van der Waals surface area contributed by atoms with Gasteiger partial charge in [0.05, 0.1) is 14.2 Å². The van der Waals surface area contributed by atoms with E-state index in [4.69, 9.17) is 9.47 Å². The van der Waals surface area contributed by atoms with Crippen LogP contribution in [0.2, 0.25) is 0 Å². The summed E-state index contributed by atoms with van der Waals surface area (Å²) in [4.78, 5) is 12.2. The molecule has 0 aliphatic carbocycles. The van der Waals surface area contributed by atoms with E-state index in [-0.39, 0.29) is 5.56 Å². The number of aliphatic hydroxyl groups is 1. The monoisotopic (exact) mass is 290 g/mol. The van der Waals surface area contributed by atoms with Crippen molar-refractivity contribution in [2.24, 2.45) is 0 Å². The van der Waals surface area contributed by atoms with Gasteiger partial charge in [-0.2, -0.15) is 0 Å². The molecule has 0 amide bonds. The maximum absolute atomic E-state index is 12.9. The van der Waals surface area contributed by atoms with Crippen LogP contribution in [0.25, 0.3) is 0 Å². The molecule has 0 bridgehead atoms. The fourth-order valence-corrected chi connectivity index (χ4v) is 1.95. The Morgan fingerprint density at radius 2 is 1.67 bits per heavy atom. The van der Waals surface area contributed by atoms with Crippen LogP contribution in [0.5, 0.6) is 11.5 Å². The molecule has 110 valence electrons. The second-order valence-corrected chi connectivity index (χ2v) is 4.39. The average molecular weight is 290 g/mol. The van der Waals surface area contributed by atoms with Crippen LogP contribution < -0.4 is 9.47 Å². The summed E-state index contributed by atoms with van der Waals surface area (Å²) in [6.07, 6.45) is -1.35. The molecule has 2 aromatic carbocycles. The topological polar surface area (TPSA) is 55.8 Å². The SMILES string of the molecule is COc1ccc(C(O)C(=O)c2ccc(F)cc2)cc1OC. The number of hydrogen-bond donors (Lipinski definition) is 1. The van der Waals surface area contributed by atoms with Crippen molar-refractivity contribution in [3.63, 3.8) is 0 Å². The first-order valence-electron chi connectivity index (χ1n) is 6.26. The van der Waals surface area contributed by atoms with Crippen LogP contribution in [0.15, 0.2) is 42.5 Å². The molecule has 0 fully saturated rings. The van der Waals surface area contributed by atoms with Crippen LogP contribution in [0.4, 0.5) is 4.39 Å². The normalized spacial score (nSPS) is 11.8. The molecule has 1 atom stereocenters. The van der Waals surface area contributed by atoms with E-state index in [9.17, 15) is 14.3 Å². The van der Waals surface area contributed by atoms with Gasteiger partial charge in [0.1, 0.15) is 11.9 Å². The van der Waals surface area contributed by atoms with Crippen LogP contribution in [0.3, 0.4) is 0 Å². The van der Waals surface area contributed by atoms with Crippen LogP contribution in [-0.4, -0.2) is 25.1 Å². The van der Waals surface area contributed by atoms with Gasteiger partial charge in [0.15, 0.2) is 17.3 Å². The molecule has 0 heterocycles. The third-order valence-electron chi connectivity index (χ3n) is 3.10. The quantitative estimate of drug-likeness (QED) is 0.860. The predicted octanol–water partition coefficient (Wildman–Crippen LogP) is 2.76. The molecular formula is C16H15FO4. The lowest BCUT2D eigenvalue weighted by molar-refractivity contribution is 0.0747. The van der Waals surface area contributed by atoms with Crippen molar-refractivity contribution < 1.29 is 23.8 Å². The zero-order valence-electron chi connectivity index (χ0n) is 11.7. The third-order valence-corrected chi connectivity index (χ3v) is 3.10. The molecule has 0 saturated carbocycles. The van der Waals surface area contributed by atoms with E-state index in [1.165, 1.54) is 44.6 Å². The van der Waals surface area contributed by atoms with E-state index in [1.807, 2.05) is 0 Å². The summed E-state index contributed by atoms with van der Waals surface area (Å²) in [6, 6.07) is 9.74.